The second-order valence-corrected chi connectivity index (χ2v) is 10.3. The minimum Gasteiger partial charge on any atom is -0.481 e. The lowest BCUT2D eigenvalue weighted by atomic mass is 9.70. The van der Waals surface area contributed by atoms with Crippen molar-refractivity contribution in [2.75, 3.05) is 26.2 Å². The van der Waals surface area contributed by atoms with Crippen LogP contribution in [-0.4, -0.2) is 86.6 Å². The monoisotopic (exact) mass is 514 g/mol. The summed E-state index contributed by atoms with van der Waals surface area (Å²) in [4.78, 5) is 42.6. The van der Waals surface area contributed by atoms with E-state index in [1.165, 1.54) is 0 Å². The molecular formula is C23H35BrN2O6. The lowest BCUT2D eigenvalue weighted by molar-refractivity contribution is -0.150. The maximum atomic E-state index is 13.9. The van der Waals surface area contributed by atoms with Crippen molar-refractivity contribution in [2.45, 2.75) is 74.4 Å². The number of amides is 2. The number of rotatable bonds is 13. The summed E-state index contributed by atoms with van der Waals surface area (Å²) in [5, 5.41) is 19.0. The van der Waals surface area contributed by atoms with Crippen LogP contribution in [0.4, 0.5) is 0 Å². The molecule has 0 aliphatic carbocycles. The van der Waals surface area contributed by atoms with Crippen LogP contribution in [0.3, 0.4) is 0 Å². The van der Waals surface area contributed by atoms with Gasteiger partial charge in [-0.3, -0.25) is 14.4 Å². The number of halogens is 1. The normalized spacial score (nSPS) is 32.9. The van der Waals surface area contributed by atoms with Crippen LogP contribution in [0.1, 0.15) is 51.9 Å². The Labute approximate surface area is 198 Å². The molecule has 1 unspecified atom stereocenters. The zero-order valence-corrected chi connectivity index (χ0v) is 20.3. The van der Waals surface area contributed by atoms with Gasteiger partial charge in [-0.1, -0.05) is 41.8 Å². The third-order valence-electron chi connectivity index (χ3n) is 7.06. The van der Waals surface area contributed by atoms with E-state index in [0.717, 1.165) is 25.7 Å². The van der Waals surface area contributed by atoms with Gasteiger partial charge in [0, 0.05) is 31.1 Å². The highest BCUT2D eigenvalue weighted by atomic mass is 79.9. The lowest BCUT2D eigenvalue weighted by Gasteiger charge is -2.37. The maximum absolute atomic E-state index is 13.9. The highest BCUT2D eigenvalue weighted by molar-refractivity contribution is 9.09. The second kappa shape index (κ2) is 10.7. The molecule has 0 aromatic heterocycles. The number of fused-ring (bicyclic) bond motifs is 1. The van der Waals surface area contributed by atoms with E-state index < -0.39 is 35.6 Å². The number of hydrogen-bond acceptors (Lipinski definition) is 5. The van der Waals surface area contributed by atoms with Crippen LogP contribution in [0.2, 0.25) is 0 Å². The predicted octanol–water partition coefficient (Wildman–Crippen LogP) is 2.19. The summed E-state index contributed by atoms with van der Waals surface area (Å²) in [6.45, 7) is 7.24. The number of aliphatic hydroxyl groups is 1. The molecule has 1 spiro atoms. The Kier molecular flexibility index (Phi) is 8.38. The SMILES string of the molecule is C=CCN(CCCCC)C(=O)[C@@H]1N(CCCCCO)C(=O)[C@H]2[C@H](C(=O)O)[C@H]3O[C@@]12CC3Br. The first-order valence-corrected chi connectivity index (χ1v) is 12.6. The minimum atomic E-state index is -1.13. The van der Waals surface area contributed by atoms with E-state index in [0.29, 0.717) is 38.9 Å². The first kappa shape index (κ1) is 25.2. The van der Waals surface area contributed by atoms with E-state index in [1.54, 1.807) is 15.9 Å². The van der Waals surface area contributed by atoms with Crippen molar-refractivity contribution >= 4 is 33.7 Å². The van der Waals surface area contributed by atoms with E-state index in [2.05, 4.69) is 29.4 Å². The summed E-state index contributed by atoms with van der Waals surface area (Å²) in [6.07, 6.45) is 6.33. The van der Waals surface area contributed by atoms with Gasteiger partial charge in [-0.2, -0.15) is 0 Å². The fourth-order valence-corrected chi connectivity index (χ4v) is 6.62. The Morgan fingerprint density at radius 1 is 1.31 bits per heavy atom. The van der Waals surface area contributed by atoms with Gasteiger partial charge in [0.2, 0.25) is 11.8 Å². The van der Waals surface area contributed by atoms with Gasteiger partial charge in [0.05, 0.1) is 17.9 Å². The van der Waals surface area contributed by atoms with E-state index in [4.69, 9.17) is 9.84 Å². The number of ether oxygens (including phenoxy) is 1. The van der Waals surface area contributed by atoms with Crippen LogP contribution in [-0.2, 0) is 19.1 Å². The van der Waals surface area contributed by atoms with Crippen LogP contribution < -0.4 is 0 Å². The smallest absolute Gasteiger partial charge is 0.310 e. The predicted molar refractivity (Wildman–Crippen MR) is 122 cm³/mol. The first-order chi connectivity index (χ1) is 15.3. The van der Waals surface area contributed by atoms with Gasteiger partial charge in [-0.15, -0.1) is 6.58 Å². The molecule has 32 heavy (non-hydrogen) atoms. The third-order valence-corrected chi connectivity index (χ3v) is 7.90. The van der Waals surface area contributed by atoms with Crippen LogP contribution in [0.25, 0.3) is 0 Å². The Hall–Kier alpha value is -1.45. The summed E-state index contributed by atoms with van der Waals surface area (Å²) in [5.41, 5.74) is -1.13. The summed E-state index contributed by atoms with van der Waals surface area (Å²) >= 11 is 3.56. The maximum Gasteiger partial charge on any atom is 0.310 e. The van der Waals surface area contributed by atoms with Crippen molar-refractivity contribution in [3.05, 3.63) is 12.7 Å². The molecule has 2 amide bonds. The van der Waals surface area contributed by atoms with E-state index in [9.17, 15) is 19.5 Å². The van der Waals surface area contributed by atoms with Gasteiger partial charge in [0.1, 0.15) is 11.6 Å². The van der Waals surface area contributed by atoms with Crippen LogP contribution in [0.5, 0.6) is 0 Å². The Morgan fingerprint density at radius 2 is 2.06 bits per heavy atom. The van der Waals surface area contributed by atoms with Crippen molar-refractivity contribution in [1.29, 1.82) is 0 Å². The molecule has 0 radical (unpaired) electrons. The fraction of sp³-hybridized carbons (Fsp3) is 0.783. The van der Waals surface area contributed by atoms with Gasteiger partial charge in [0.15, 0.2) is 0 Å². The van der Waals surface area contributed by atoms with Crippen molar-refractivity contribution in [1.82, 2.24) is 9.80 Å². The molecule has 3 heterocycles. The topological polar surface area (TPSA) is 107 Å². The molecular weight excluding hydrogens is 480 g/mol. The summed E-state index contributed by atoms with van der Waals surface area (Å²) in [7, 11) is 0. The Balaban J connectivity index is 1.94. The number of carboxylic acids is 1. The molecule has 0 aromatic rings. The van der Waals surface area contributed by atoms with Crippen molar-refractivity contribution in [3.63, 3.8) is 0 Å². The van der Waals surface area contributed by atoms with Crippen molar-refractivity contribution < 1.29 is 29.3 Å². The molecule has 2 bridgehead atoms. The number of aliphatic hydroxyl groups excluding tert-OH is 1. The molecule has 3 aliphatic rings. The standard InChI is InChI=1S/C23H35BrN2O6/c1-3-5-7-11-25(10-4-2)21(29)19-23-14-15(24)18(32-23)16(22(30)31)17(23)20(28)26(19)12-8-6-9-13-27/h4,15-19,27H,2-3,5-14H2,1H3,(H,30,31)/t15?,16-,17+,18-,19-,23+/m0/s1. The van der Waals surface area contributed by atoms with E-state index in [-0.39, 0.29) is 23.2 Å². The largest absolute Gasteiger partial charge is 0.481 e. The molecule has 6 atom stereocenters. The third kappa shape index (κ3) is 4.35. The van der Waals surface area contributed by atoms with Crippen LogP contribution in [0, 0.1) is 11.8 Å². The lowest BCUT2D eigenvalue weighted by Crippen LogP contribution is -2.57. The number of likely N-dealkylation sites (tertiary alicyclic amines) is 1. The second-order valence-electron chi connectivity index (χ2n) is 9.10. The van der Waals surface area contributed by atoms with Crippen LogP contribution in [0.15, 0.2) is 12.7 Å². The molecule has 0 aromatic carbocycles. The zero-order valence-electron chi connectivity index (χ0n) is 18.7. The highest BCUT2D eigenvalue weighted by Gasteiger charge is 2.76. The van der Waals surface area contributed by atoms with E-state index in [1.807, 2.05) is 0 Å². The average Bonchev–Trinajstić information content (AvgIpc) is 3.34. The van der Waals surface area contributed by atoms with Crippen molar-refractivity contribution in [3.8, 4) is 0 Å². The number of carbonyl (C=O) groups is 3. The van der Waals surface area contributed by atoms with Gasteiger partial charge in [0.25, 0.3) is 0 Å². The Morgan fingerprint density at radius 3 is 2.69 bits per heavy atom. The Bertz CT molecular complexity index is 733. The zero-order chi connectivity index (χ0) is 23.5. The summed E-state index contributed by atoms with van der Waals surface area (Å²) in [5.74, 6) is -3.36. The van der Waals surface area contributed by atoms with Crippen molar-refractivity contribution in [2.24, 2.45) is 11.8 Å². The molecule has 3 aliphatic heterocycles. The molecule has 2 N–H and O–H groups in total. The molecule has 3 saturated heterocycles. The number of alkyl halides is 1. The number of carboxylic acid groups (broad SMARTS) is 1. The summed E-state index contributed by atoms with van der Waals surface area (Å²) < 4.78 is 6.28. The summed E-state index contributed by atoms with van der Waals surface area (Å²) in [6, 6.07) is -0.842. The molecule has 9 heteroatoms. The molecule has 3 rings (SSSR count). The highest BCUT2D eigenvalue weighted by Crippen LogP contribution is 2.60. The number of aliphatic carboxylic acids is 1. The molecule has 0 saturated carbocycles. The van der Waals surface area contributed by atoms with Gasteiger partial charge in [-0.05, 0) is 32.1 Å². The number of unbranched alkanes of at least 4 members (excludes halogenated alkanes) is 4. The quantitative estimate of drug-likeness (QED) is 0.221. The number of carbonyl (C=O) groups excluding carboxylic acids is 2. The van der Waals surface area contributed by atoms with Gasteiger partial charge < -0.3 is 24.7 Å². The van der Waals surface area contributed by atoms with Crippen LogP contribution >= 0.6 is 15.9 Å². The average molecular weight is 515 g/mol. The first-order valence-electron chi connectivity index (χ1n) is 11.7. The van der Waals surface area contributed by atoms with Gasteiger partial charge in [-0.25, -0.2) is 0 Å². The molecule has 3 fully saturated rings. The fourth-order valence-electron chi connectivity index (χ4n) is 5.68. The van der Waals surface area contributed by atoms with E-state index >= 15 is 0 Å². The minimum absolute atomic E-state index is 0.0740. The number of nitrogens with zero attached hydrogens (tertiary/aromatic N) is 2. The van der Waals surface area contributed by atoms with Gasteiger partial charge >= 0.3 is 5.97 Å². The molecule has 8 nitrogen and oxygen atoms in total. The number of hydrogen-bond donors (Lipinski definition) is 2. The molecule has 180 valence electrons.